The molecule has 0 radical (unpaired) electrons. The minimum atomic E-state index is 0.768. The van der Waals surface area contributed by atoms with Crippen molar-refractivity contribution < 1.29 is 4.74 Å². The van der Waals surface area contributed by atoms with Gasteiger partial charge in [-0.25, -0.2) is 4.68 Å². The van der Waals surface area contributed by atoms with Crippen molar-refractivity contribution in [3.05, 3.63) is 46.8 Å². The Kier molecular flexibility index (Phi) is 4.39. The first kappa shape index (κ1) is 15.6. The summed E-state index contributed by atoms with van der Waals surface area (Å²) in [4.78, 5) is 3.36. The van der Waals surface area contributed by atoms with Crippen molar-refractivity contribution in [3.8, 4) is 5.88 Å². The van der Waals surface area contributed by atoms with Crippen molar-refractivity contribution in [1.29, 1.82) is 0 Å². The van der Waals surface area contributed by atoms with Crippen molar-refractivity contribution in [2.24, 2.45) is 7.05 Å². The van der Waals surface area contributed by atoms with Crippen LogP contribution in [-0.2, 0) is 20.0 Å². The van der Waals surface area contributed by atoms with Crippen LogP contribution in [0.15, 0.2) is 24.4 Å². The number of nitrogens with one attached hydrogen (secondary N) is 2. The zero-order valence-corrected chi connectivity index (χ0v) is 14.2. The van der Waals surface area contributed by atoms with Gasteiger partial charge < -0.3 is 15.0 Å². The number of H-pyrrole nitrogens is 1. The first-order valence-electron chi connectivity index (χ1n) is 7.94. The maximum Gasteiger partial charge on any atom is 0.216 e. The number of ether oxygens (including phenoxy) is 1. The van der Waals surface area contributed by atoms with Gasteiger partial charge in [-0.05, 0) is 44.0 Å². The quantitative estimate of drug-likeness (QED) is 0.688. The second-order valence-electron chi connectivity index (χ2n) is 5.94. The topological polar surface area (TPSA) is 54.9 Å². The highest BCUT2D eigenvalue weighted by Crippen LogP contribution is 2.23. The number of fused-ring (bicyclic) bond motifs is 1. The Morgan fingerprint density at radius 2 is 2.13 bits per heavy atom. The van der Waals surface area contributed by atoms with Crippen LogP contribution in [0.4, 0.5) is 0 Å². The molecule has 2 N–H and O–H groups in total. The van der Waals surface area contributed by atoms with E-state index in [0.717, 1.165) is 36.6 Å². The highest BCUT2D eigenvalue weighted by atomic mass is 16.5. The molecule has 0 bridgehead atoms. The minimum Gasteiger partial charge on any atom is -0.481 e. The zero-order valence-electron chi connectivity index (χ0n) is 14.2. The summed E-state index contributed by atoms with van der Waals surface area (Å²) in [6.45, 7) is 5.86. The van der Waals surface area contributed by atoms with Crippen LogP contribution in [0.3, 0.4) is 0 Å². The highest BCUT2D eigenvalue weighted by Gasteiger charge is 2.13. The number of aromatic nitrogens is 3. The van der Waals surface area contributed by atoms with Gasteiger partial charge in [-0.3, -0.25) is 0 Å². The summed E-state index contributed by atoms with van der Waals surface area (Å²) in [5, 5.41) is 9.27. The fourth-order valence-electron chi connectivity index (χ4n) is 3.22. The van der Waals surface area contributed by atoms with E-state index in [4.69, 9.17) is 4.74 Å². The smallest absolute Gasteiger partial charge is 0.216 e. The lowest BCUT2D eigenvalue weighted by Crippen LogP contribution is -2.17. The Labute approximate surface area is 136 Å². The lowest BCUT2D eigenvalue weighted by Gasteiger charge is -2.07. The van der Waals surface area contributed by atoms with Crippen molar-refractivity contribution in [2.45, 2.75) is 26.8 Å². The molecule has 0 fully saturated rings. The van der Waals surface area contributed by atoms with Crippen LogP contribution in [0.1, 0.15) is 22.4 Å². The summed E-state index contributed by atoms with van der Waals surface area (Å²) in [6.07, 6.45) is 3.11. The predicted octanol–water partition coefficient (Wildman–Crippen LogP) is 2.86. The summed E-state index contributed by atoms with van der Waals surface area (Å²) in [5.74, 6) is 0.831. The van der Waals surface area contributed by atoms with Gasteiger partial charge in [-0.1, -0.05) is 12.1 Å². The number of hydrogen-bond acceptors (Lipinski definition) is 3. The van der Waals surface area contributed by atoms with E-state index in [-0.39, 0.29) is 0 Å². The molecule has 0 saturated carbocycles. The summed E-state index contributed by atoms with van der Waals surface area (Å²) in [5.41, 5.74) is 6.04. The summed E-state index contributed by atoms with van der Waals surface area (Å²) in [6, 6.07) is 6.38. The van der Waals surface area contributed by atoms with Crippen LogP contribution in [0.2, 0.25) is 0 Å². The van der Waals surface area contributed by atoms with Gasteiger partial charge in [0, 0.05) is 30.7 Å². The fraction of sp³-hybridized carbons (Fsp3) is 0.389. The zero-order chi connectivity index (χ0) is 16.4. The van der Waals surface area contributed by atoms with Crippen LogP contribution < -0.4 is 10.1 Å². The molecule has 2 aromatic heterocycles. The Balaban J connectivity index is 1.64. The minimum absolute atomic E-state index is 0.768. The third kappa shape index (κ3) is 2.97. The molecule has 0 amide bonds. The first-order valence-corrected chi connectivity index (χ1v) is 7.94. The van der Waals surface area contributed by atoms with Crippen LogP contribution in [0, 0.1) is 13.8 Å². The summed E-state index contributed by atoms with van der Waals surface area (Å²) < 4.78 is 7.22. The van der Waals surface area contributed by atoms with Gasteiger partial charge in [-0.2, -0.15) is 5.10 Å². The number of hydrogen-bond donors (Lipinski definition) is 2. The Bertz CT molecular complexity index is 816. The number of aromatic amines is 1. The number of rotatable bonds is 6. The average Bonchev–Trinajstić information content (AvgIpc) is 3.05. The molecule has 0 aliphatic carbocycles. The van der Waals surface area contributed by atoms with Crippen molar-refractivity contribution >= 4 is 10.9 Å². The third-order valence-corrected chi connectivity index (χ3v) is 4.35. The summed E-state index contributed by atoms with van der Waals surface area (Å²) in [7, 11) is 3.60. The monoisotopic (exact) mass is 312 g/mol. The molecule has 2 heterocycles. The number of methoxy groups -OCH3 is 1. The lowest BCUT2D eigenvalue weighted by atomic mass is 10.1. The van der Waals surface area contributed by atoms with Crippen LogP contribution in [0.25, 0.3) is 10.9 Å². The molecule has 5 heteroatoms. The van der Waals surface area contributed by atoms with Gasteiger partial charge in [0.1, 0.15) is 0 Å². The second-order valence-corrected chi connectivity index (χ2v) is 5.94. The SMILES string of the molecule is COc1c(CNCCc2c[nH]c3cccc(C)c23)c(C)nn1C. The predicted molar refractivity (Wildman–Crippen MR) is 92.9 cm³/mol. The van der Waals surface area contributed by atoms with Gasteiger partial charge in [0.05, 0.1) is 18.4 Å². The maximum absolute atomic E-state index is 5.43. The van der Waals surface area contributed by atoms with Crippen molar-refractivity contribution in [1.82, 2.24) is 20.1 Å². The van der Waals surface area contributed by atoms with Crippen molar-refractivity contribution in [3.63, 3.8) is 0 Å². The van der Waals surface area contributed by atoms with E-state index in [1.165, 1.54) is 22.0 Å². The number of aryl methyl sites for hydroxylation is 3. The largest absolute Gasteiger partial charge is 0.481 e. The van der Waals surface area contributed by atoms with Crippen LogP contribution >= 0.6 is 0 Å². The Morgan fingerprint density at radius 3 is 2.91 bits per heavy atom. The van der Waals surface area contributed by atoms with Crippen LogP contribution in [0.5, 0.6) is 5.88 Å². The van der Waals surface area contributed by atoms with E-state index in [2.05, 4.69) is 46.7 Å². The summed E-state index contributed by atoms with van der Waals surface area (Å²) >= 11 is 0. The standard InChI is InChI=1S/C18H24N4O/c1-12-6-5-7-16-17(12)14(10-20-16)8-9-19-11-15-13(2)21-22(3)18(15)23-4/h5-7,10,19-20H,8-9,11H2,1-4H3. The van der Waals surface area contributed by atoms with Crippen LogP contribution in [-0.4, -0.2) is 28.4 Å². The molecule has 0 atom stereocenters. The molecule has 0 spiro atoms. The molecule has 0 aliphatic heterocycles. The fourth-order valence-corrected chi connectivity index (χ4v) is 3.22. The van der Waals surface area contributed by atoms with E-state index in [1.807, 2.05) is 14.0 Å². The van der Waals surface area contributed by atoms with Gasteiger partial charge in [-0.15, -0.1) is 0 Å². The molecule has 5 nitrogen and oxygen atoms in total. The molecule has 0 aliphatic rings. The highest BCUT2D eigenvalue weighted by molar-refractivity contribution is 5.86. The lowest BCUT2D eigenvalue weighted by molar-refractivity contribution is 0.368. The van der Waals surface area contributed by atoms with Gasteiger partial charge in [0.25, 0.3) is 0 Å². The first-order chi connectivity index (χ1) is 11.1. The van der Waals surface area contributed by atoms with E-state index in [9.17, 15) is 0 Å². The second kappa shape index (κ2) is 6.46. The van der Waals surface area contributed by atoms with Gasteiger partial charge >= 0.3 is 0 Å². The number of benzene rings is 1. The molecule has 3 aromatic rings. The molecular formula is C18H24N4O. The van der Waals surface area contributed by atoms with E-state index < -0.39 is 0 Å². The molecule has 1 aromatic carbocycles. The molecule has 3 rings (SSSR count). The maximum atomic E-state index is 5.43. The molecule has 0 unspecified atom stereocenters. The van der Waals surface area contributed by atoms with E-state index >= 15 is 0 Å². The Hall–Kier alpha value is -2.27. The Morgan fingerprint density at radius 1 is 1.30 bits per heavy atom. The van der Waals surface area contributed by atoms with E-state index in [1.54, 1.807) is 11.8 Å². The average molecular weight is 312 g/mol. The molecule has 0 saturated heterocycles. The normalized spacial score (nSPS) is 11.3. The number of nitrogens with zero attached hydrogens (tertiary/aromatic N) is 2. The van der Waals surface area contributed by atoms with E-state index in [0.29, 0.717) is 0 Å². The van der Waals surface area contributed by atoms with Gasteiger partial charge in [0.15, 0.2) is 0 Å². The van der Waals surface area contributed by atoms with Crippen molar-refractivity contribution in [2.75, 3.05) is 13.7 Å². The van der Waals surface area contributed by atoms with Gasteiger partial charge in [0.2, 0.25) is 5.88 Å². The molecular weight excluding hydrogens is 288 g/mol. The molecule has 122 valence electrons. The third-order valence-electron chi connectivity index (χ3n) is 4.35. The molecule has 23 heavy (non-hydrogen) atoms.